The van der Waals surface area contributed by atoms with Gasteiger partial charge in [-0.15, -0.1) is 5.10 Å². The van der Waals surface area contributed by atoms with E-state index >= 15 is 0 Å². The first kappa shape index (κ1) is 12.5. The van der Waals surface area contributed by atoms with E-state index in [-0.39, 0.29) is 0 Å². The molecule has 0 bridgehead atoms. The van der Waals surface area contributed by atoms with Gasteiger partial charge in [0.2, 0.25) is 0 Å². The van der Waals surface area contributed by atoms with Crippen molar-refractivity contribution < 1.29 is 4.21 Å². The molecule has 1 heterocycles. The van der Waals surface area contributed by atoms with Crippen molar-refractivity contribution in [1.29, 1.82) is 0 Å². The monoisotopic (exact) mass is 266 g/mol. The Kier molecular flexibility index (Phi) is 3.56. The normalized spacial score (nSPS) is 12.5. The van der Waals surface area contributed by atoms with Crippen molar-refractivity contribution in [2.75, 3.05) is 23.5 Å². The number of anilines is 2. The molecule has 0 aliphatic heterocycles. The summed E-state index contributed by atoms with van der Waals surface area (Å²) in [6.07, 6.45) is 1.64. The topological polar surface area (TPSA) is 113 Å². The first-order valence-electron chi connectivity index (χ1n) is 5.29. The zero-order valence-corrected chi connectivity index (χ0v) is 10.7. The van der Waals surface area contributed by atoms with Crippen LogP contribution in [0.1, 0.15) is 0 Å². The third-order valence-corrected chi connectivity index (χ3v) is 3.12. The van der Waals surface area contributed by atoms with Gasteiger partial charge in [0.1, 0.15) is 0 Å². The Morgan fingerprint density at radius 3 is 2.56 bits per heavy atom. The Labute approximate surface area is 107 Å². The Morgan fingerprint density at radius 1 is 1.28 bits per heavy atom. The fraction of sp³-hybridized carbons (Fsp3) is 0.300. The summed E-state index contributed by atoms with van der Waals surface area (Å²) >= 11 is 0. The quantitative estimate of drug-likeness (QED) is 0.746. The molecule has 7 nitrogen and oxygen atoms in total. The van der Waals surface area contributed by atoms with E-state index < -0.39 is 10.8 Å². The fourth-order valence-electron chi connectivity index (χ4n) is 1.58. The maximum Gasteiger partial charge on any atom is 0.182 e. The van der Waals surface area contributed by atoms with E-state index in [2.05, 4.69) is 15.5 Å². The molecular formula is C10H14N6OS. The first-order valence-corrected chi connectivity index (χ1v) is 7.01. The summed E-state index contributed by atoms with van der Waals surface area (Å²) in [7, 11) is -0.889. The molecule has 2 rings (SSSR count). The van der Waals surface area contributed by atoms with E-state index in [0.717, 1.165) is 5.56 Å². The minimum absolute atomic E-state index is 0.486. The number of benzene rings is 1. The van der Waals surface area contributed by atoms with Crippen LogP contribution in [-0.4, -0.2) is 36.4 Å². The molecular weight excluding hydrogens is 252 g/mol. The van der Waals surface area contributed by atoms with Crippen LogP contribution in [0, 0.1) is 0 Å². The molecule has 0 saturated heterocycles. The Bertz CT molecular complexity index is 561. The number of aryl methyl sites for hydroxylation is 1. The maximum absolute atomic E-state index is 11.1. The highest BCUT2D eigenvalue weighted by atomic mass is 32.2. The summed E-state index contributed by atoms with van der Waals surface area (Å²) < 4.78 is 12.7. The van der Waals surface area contributed by atoms with Crippen LogP contribution in [0.15, 0.2) is 18.2 Å². The van der Waals surface area contributed by atoms with Crippen LogP contribution in [0.2, 0.25) is 0 Å². The second-order valence-electron chi connectivity index (χ2n) is 3.89. The van der Waals surface area contributed by atoms with Crippen molar-refractivity contribution in [3.05, 3.63) is 18.2 Å². The minimum atomic E-state index is -0.889. The number of nitrogens with zero attached hydrogens (tertiary/aromatic N) is 4. The molecule has 0 spiro atoms. The van der Waals surface area contributed by atoms with Crippen LogP contribution in [0.5, 0.6) is 0 Å². The number of nitrogen functional groups attached to an aromatic ring is 2. The van der Waals surface area contributed by atoms with Gasteiger partial charge < -0.3 is 11.5 Å². The summed E-state index contributed by atoms with van der Waals surface area (Å²) in [6.45, 7) is 0.486. The Morgan fingerprint density at radius 2 is 1.94 bits per heavy atom. The maximum atomic E-state index is 11.1. The van der Waals surface area contributed by atoms with Gasteiger partial charge in [0.25, 0.3) is 0 Å². The van der Waals surface area contributed by atoms with Crippen LogP contribution in [0.25, 0.3) is 11.4 Å². The van der Waals surface area contributed by atoms with Gasteiger partial charge in [-0.2, -0.15) is 0 Å². The molecule has 18 heavy (non-hydrogen) atoms. The third-order valence-electron chi connectivity index (χ3n) is 2.36. The van der Waals surface area contributed by atoms with E-state index in [1.165, 1.54) is 0 Å². The van der Waals surface area contributed by atoms with E-state index in [9.17, 15) is 4.21 Å². The number of hydrogen-bond donors (Lipinski definition) is 2. The lowest BCUT2D eigenvalue weighted by atomic mass is 10.1. The predicted molar refractivity (Wildman–Crippen MR) is 71.0 cm³/mol. The molecule has 0 aliphatic carbocycles. The Hall–Kier alpha value is -1.96. The minimum Gasteiger partial charge on any atom is -0.399 e. The molecule has 0 fully saturated rings. The fourth-order valence-corrected chi connectivity index (χ4v) is 2.01. The van der Waals surface area contributed by atoms with E-state index in [1.807, 2.05) is 0 Å². The second-order valence-corrected chi connectivity index (χ2v) is 5.45. The molecule has 8 heteroatoms. The number of tetrazole rings is 1. The van der Waals surface area contributed by atoms with Gasteiger partial charge in [-0.3, -0.25) is 4.21 Å². The van der Waals surface area contributed by atoms with Gasteiger partial charge in [0, 0.05) is 39.7 Å². The van der Waals surface area contributed by atoms with Crippen molar-refractivity contribution in [2.45, 2.75) is 6.54 Å². The van der Waals surface area contributed by atoms with Crippen molar-refractivity contribution >= 4 is 22.2 Å². The lowest BCUT2D eigenvalue weighted by Gasteiger charge is -2.05. The van der Waals surface area contributed by atoms with Gasteiger partial charge >= 0.3 is 0 Å². The smallest absolute Gasteiger partial charge is 0.182 e. The lowest BCUT2D eigenvalue weighted by molar-refractivity contribution is 0.625. The van der Waals surface area contributed by atoms with Gasteiger partial charge in [0.05, 0.1) is 6.54 Å². The largest absolute Gasteiger partial charge is 0.399 e. The van der Waals surface area contributed by atoms with Gasteiger partial charge in [-0.05, 0) is 28.6 Å². The van der Waals surface area contributed by atoms with Crippen molar-refractivity contribution in [1.82, 2.24) is 20.2 Å². The van der Waals surface area contributed by atoms with E-state index in [0.29, 0.717) is 29.5 Å². The summed E-state index contributed by atoms with van der Waals surface area (Å²) in [5, 5.41) is 11.4. The van der Waals surface area contributed by atoms with Crippen molar-refractivity contribution in [2.24, 2.45) is 0 Å². The number of rotatable bonds is 4. The van der Waals surface area contributed by atoms with Gasteiger partial charge in [-0.25, -0.2) is 4.68 Å². The molecule has 1 atom stereocenters. The van der Waals surface area contributed by atoms with Gasteiger partial charge in [-0.1, -0.05) is 0 Å². The molecule has 0 saturated carbocycles. The van der Waals surface area contributed by atoms with Gasteiger partial charge in [0.15, 0.2) is 5.82 Å². The molecule has 1 aromatic heterocycles. The van der Waals surface area contributed by atoms with Crippen LogP contribution in [0.3, 0.4) is 0 Å². The zero-order valence-electron chi connectivity index (χ0n) is 9.91. The third kappa shape index (κ3) is 2.83. The van der Waals surface area contributed by atoms with Crippen LogP contribution in [0.4, 0.5) is 11.4 Å². The zero-order chi connectivity index (χ0) is 13.1. The van der Waals surface area contributed by atoms with Crippen LogP contribution < -0.4 is 11.5 Å². The molecule has 4 N–H and O–H groups in total. The highest BCUT2D eigenvalue weighted by molar-refractivity contribution is 7.84. The second kappa shape index (κ2) is 5.13. The lowest BCUT2D eigenvalue weighted by Crippen LogP contribution is -2.09. The standard InChI is InChI=1S/C10H14N6OS/c1-18(17)3-2-16-10(13-14-15-16)7-4-8(11)6-9(12)5-7/h4-6H,2-3,11-12H2,1H3. The highest BCUT2D eigenvalue weighted by Gasteiger charge is 2.10. The van der Waals surface area contributed by atoms with E-state index in [1.54, 1.807) is 29.1 Å². The predicted octanol–water partition coefficient (Wildman–Crippen LogP) is -0.117. The summed E-state index contributed by atoms with van der Waals surface area (Å²) in [6, 6.07) is 5.17. The highest BCUT2D eigenvalue weighted by Crippen LogP contribution is 2.22. The molecule has 0 aliphatic rings. The van der Waals surface area contributed by atoms with Crippen molar-refractivity contribution in [3.8, 4) is 11.4 Å². The summed E-state index contributed by atoms with van der Waals surface area (Å²) in [5.41, 5.74) is 13.3. The summed E-state index contributed by atoms with van der Waals surface area (Å²) in [5.74, 6) is 1.06. The van der Waals surface area contributed by atoms with Crippen LogP contribution >= 0.6 is 0 Å². The molecule has 1 aromatic carbocycles. The Balaban J connectivity index is 2.33. The molecule has 96 valence electrons. The number of aromatic nitrogens is 4. The summed E-state index contributed by atoms with van der Waals surface area (Å²) in [4.78, 5) is 0. The van der Waals surface area contributed by atoms with Crippen LogP contribution in [-0.2, 0) is 17.3 Å². The average Bonchev–Trinajstić information content (AvgIpc) is 2.72. The number of hydrogen-bond acceptors (Lipinski definition) is 6. The first-order chi connectivity index (χ1) is 8.56. The van der Waals surface area contributed by atoms with E-state index in [4.69, 9.17) is 11.5 Å². The molecule has 2 aromatic rings. The number of nitrogens with two attached hydrogens (primary N) is 2. The molecule has 0 radical (unpaired) electrons. The SMILES string of the molecule is CS(=O)CCn1nnnc1-c1cc(N)cc(N)c1. The average molecular weight is 266 g/mol. The molecule has 0 amide bonds. The molecule has 1 unspecified atom stereocenters. The van der Waals surface area contributed by atoms with Crippen molar-refractivity contribution in [3.63, 3.8) is 0 Å².